The van der Waals surface area contributed by atoms with Gasteiger partial charge in [-0.3, -0.25) is 0 Å². The third kappa shape index (κ3) is 6.95. The molecule has 0 saturated carbocycles. The Morgan fingerprint density at radius 3 is 1.00 bits per heavy atom. The van der Waals surface area contributed by atoms with Crippen LogP contribution in [0.3, 0.4) is 0 Å². The standard InChI is InChI=1S/C37H63O3P/c1-23-25(33(5,6)7)22-28(36(14,15)16)31(29(23)37(17,18)19)41(38,39,40)30-26(34(8,9)10)20-24(32(2,3)4)21-27(30)35(11,12)13/h20-22,38-40H,1-19H3. The van der Waals surface area contributed by atoms with Gasteiger partial charge in [-0.2, -0.15) is 0 Å². The van der Waals surface area contributed by atoms with Gasteiger partial charge < -0.3 is 0 Å². The van der Waals surface area contributed by atoms with Crippen LogP contribution in [0.5, 0.6) is 0 Å². The van der Waals surface area contributed by atoms with Gasteiger partial charge in [0.25, 0.3) is 0 Å². The topological polar surface area (TPSA) is 60.7 Å². The van der Waals surface area contributed by atoms with Crippen molar-refractivity contribution in [2.45, 2.75) is 164 Å². The Bertz CT molecular complexity index is 1280. The van der Waals surface area contributed by atoms with Crippen LogP contribution in [0, 0.1) is 6.92 Å². The first kappa shape index (κ1) is 35.9. The van der Waals surface area contributed by atoms with Crippen LogP contribution in [-0.4, -0.2) is 14.7 Å². The van der Waals surface area contributed by atoms with Gasteiger partial charge in [-0.1, -0.05) is 0 Å². The van der Waals surface area contributed by atoms with Crippen molar-refractivity contribution < 1.29 is 14.7 Å². The molecule has 41 heavy (non-hydrogen) atoms. The molecule has 0 radical (unpaired) electrons. The van der Waals surface area contributed by atoms with E-state index in [0.29, 0.717) is 10.6 Å². The van der Waals surface area contributed by atoms with Gasteiger partial charge in [-0.25, -0.2) is 0 Å². The van der Waals surface area contributed by atoms with Gasteiger partial charge in [0.2, 0.25) is 0 Å². The maximum absolute atomic E-state index is 13.1. The van der Waals surface area contributed by atoms with Gasteiger partial charge in [0.15, 0.2) is 0 Å². The second-order valence-corrected chi connectivity index (χ2v) is 21.6. The van der Waals surface area contributed by atoms with E-state index >= 15 is 0 Å². The summed E-state index contributed by atoms with van der Waals surface area (Å²) in [5.41, 5.74) is 4.33. The molecule has 0 aliphatic heterocycles. The molecule has 0 saturated heterocycles. The zero-order valence-electron chi connectivity index (χ0n) is 30.0. The molecule has 3 nitrogen and oxygen atoms in total. The summed E-state index contributed by atoms with van der Waals surface area (Å²) in [6.45, 7) is 40.5. The van der Waals surface area contributed by atoms with E-state index in [-0.39, 0.29) is 10.8 Å². The molecule has 0 spiro atoms. The van der Waals surface area contributed by atoms with E-state index in [1.165, 1.54) is 5.56 Å². The van der Waals surface area contributed by atoms with E-state index in [9.17, 15) is 14.7 Å². The summed E-state index contributed by atoms with van der Waals surface area (Å²) in [4.78, 5) is 39.2. The Kier molecular flexibility index (Phi) is 8.66. The number of benzene rings is 2. The van der Waals surface area contributed by atoms with Crippen LogP contribution in [0.2, 0.25) is 0 Å². The third-order valence-corrected chi connectivity index (χ3v) is 10.9. The molecule has 2 aromatic rings. The summed E-state index contributed by atoms with van der Waals surface area (Å²) in [5.74, 6) is 0. The predicted octanol–water partition coefficient (Wildman–Crippen LogP) is 9.01. The Morgan fingerprint density at radius 2 is 0.732 bits per heavy atom. The molecule has 4 heteroatoms. The average molecular weight is 587 g/mol. The van der Waals surface area contributed by atoms with Crippen molar-refractivity contribution in [1.82, 2.24) is 0 Å². The van der Waals surface area contributed by atoms with Crippen molar-refractivity contribution in [2.24, 2.45) is 0 Å². The zero-order chi connectivity index (χ0) is 32.8. The van der Waals surface area contributed by atoms with E-state index in [0.717, 1.165) is 33.4 Å². The Hall–Kier alpha value is -1.25. The predicted molar refractivity (Wildman–Crippen MR) is 183 cm³/mol. The molecule has 0 unspecified atom stereocenters. The summed E-state index contributed by atoms with van der Waals surface area (Å²) in [6.07, 6.45) is 0. The summed E-state index contributed by atoms with van der Waals surface area (Å²) in [7, 11) is -5.79. The van der Waals surface area contributed by atoms with Gasteiger partial charge in [-0.05, 0) is 0 Å². The van der Waals surface area contributed by atoms with E-state index in [4.69, 9.17) is 0 Å². The van der Waals surface area contributed by atoms with Gasteiger partial charge in [0, 0.05) is 0 Å². The summed E-state index contributed by atoms with van der Waals surface area (Å²) in [6, 6.07) is 6.36. The number of rotatable bonds is 2. The fourth-order valence-electron chi connectivity index (χ4n) is 6.23. The molecule has 0 atom stereocenters. The molecule has 0 aromatic heterocycles. The molecule has 0 fully saturated rings. The SMILES string of the molecule is Cc1c(C(C)(C)C)cc(C(C)(C)C)c(P(O)(O)(O)c2c(C(C)(C)C)cc(C(C)(C)C)cc2C(C)(C)C)c1C(C)(C)C. The molecule has 2 aromatic carbocycles. The zero-order valence-corrected chi connectivity index (χ0v) is 30.9. The quantitative estimate of drug-likeness (QED) is 0.308. The first-order valence-electron chi connectivity index (χ1n) is 15.3. The van der Waals surface area contributed by atoms with E-state index in [1.54, 1.807) is 0 Å². The van der Waals surface area contributed by atoms with Gasteiger partial charge in [0.1, 0.15) is 0 Å². The van der Waals surface area contributed by atoms with Crippen molar-refractivity contribution in [3.63, 3.8) is 0 Å². The van der Waals surface area contributed by atoms with Crippen molar-refractivity contribution in [1.29, 1.82) is 0 Å². The molecule has 0 amide bonds. The van der Waals surface area contributed by atoms with E-state index < -0.39 is 28.9 Å². The first-order chi connectivity index (χ1) is 17.6. The van der Waals surface area contributed by atoms with Crippen molar-refractivity contribution >= 4 is 17.9 Å². The fourth-order valence-corrected chi connectivity index (χ4v) is 9.90. The molecule has 0 heterocycles. The van der Waals surface area contributed by atoms with Crippen LogP contribution in [0.25, 0.3) is 0 Å². The molecular weight excluding hydrogens is 523 g/mol. The summed E-state index contributed by atoms with van der Waals surface area (Å²) >= 11 is 0. The van der Waals surface area contributed by atoms with Gasteiger partial charge in [0.05, 0.1) is 0 Å². The van der Waals surface area contributed by atoms with Crippen LogP contribution in [-0.2, 0) is 32.5 Å². The van der Waals surface area contributed by atoms with E-state index in [2.05, 4.69) is 150 Å². The molecule has 0 aliphatic rings. The van der Waals surface area contributed by atoms with Gasteiger partial charge in [-0.15, -0.1) is 0 Å². The molecule has 3 N–H and O–H groups in total. The minimum atomic E-state index is -5.79. The Morgan fingerprint density at radius 1 is 0.415 bits per heavy atom. The summed E-state index contributed by atoms with van der Waals surface area (Å²) in [5, 5.41) is 0.629. The molecule has 234 valence electrons. The fraction of sp³-hybridized carbons (Fsp3) is 0.676. The van der Waals surface area contributed by atoms with Crippen LogP contribution >= 0.6 is 7.28 Å². The minimum absolute atomic E-state index is 0.159. The second-order valence-electron chi connectivity index (χ2n) is 18.7. The molecule has 0 aliphatic carbocycles. The molecule has 0 bridgehead atoms. The maximum atomic E-state index is 13.1. The summed E-state index contributed by atoms with van der Waals surface area (Å²) < 4.78 is 0. The number of hydrogen-bond acceptors (Lipinski definition) is 3. The van der Waals surface area contributed by atoms with Crippen molar-refractivity contribution in [3.05, 3.63) is 57.1 Å². The second kappa shape index (κ2) is 9.88. The Labute approximate surface area is 253 Å². The van der Waals surface area contributed by atoms with E-state index in [1.807, 2.05) is 0 Å². The van der Waals surface area contributed by atoms with Crippen molar-refractivity contribution in [2.75, 3.05) is 0 Å². The first-order valence-corrected chi connectivity index (χ1v) is 17.4. The normalized spacial score (nSPS) is 15.6. The van der Waals surface area contributed by atoms with Crippen LogP contribution < -0.4 is 10.6 Å². The van der Waals surface area contributed by atoms with Crippen LogP contribution in [0.1, 0.15) is 164 Å². The molecular formula is C37H63O3P. The van der Waals surface area contributed by atoms with Crippen molar-refractivity contribution in [3.8, 4) is 0 Å². The third-order valence-electron chi connectivity index (χ3n) is 8.34. The van der Waals surface area contributed by atoms with Crippen LogP contribution in [0.15, 0.2) is 18.2 Å². The van der Waals surface area contributed by atoms with Gasteiger partial charge >= 0.3 is 254 Å². The molecule has 2 rings (SSSR count). The van der Waals surface area contributed by atoms with Crippen LogP contribution in [0.4, 0.5) is 0 Å². The Balaban J connectivity index is 3.52. The average Bonchev–Trinajstić information content (AvgIpc) is 2.67. The monoisotopic (exact) mass is 586 g/mol. The number of hydrogen-bond donors (Lipinski definition) is 3.